The molecule has 0 saturated heterocycles. The maximum absolute atomic E-state index is 6.21. The molecule has 0 amide bonds. The molecule has 0 bridgehead atoms. The number of rotatable bonds is 2. The van der Waals surface area contributed by atoms with Crippen molar-refractivity contribution in [3.63, 3.8) is 0 Å². The standard InChI is InChI=1S/C22H22BN3O/c1-14-25(17-10-4-5-11-18(17)26(14)22(2,3)23)19-12-6-8-15-16-9-7-13-24-21(16)27-20(15)19/h4-14H,23H2,1-3H3. The van der Waals surface area contributed by atoms with Crippen molar-refractivity contribution in [3.05, 3.63) is 60.8 Å². The molecule has 1 aliphatic heterocycles. The van der Waals surface area contributed by atoms with Crippen LogP contribution in [0.15, 0.2) is 65.2 Å². The van der Waals surface area contributed by atoms with Crippen LogP contribution in [0.1, 0.15) is 20.8 Å². The Morgan fingerprint density at radius 3 is 2.41 bits per heavy atom. The average Bonchev–Trinajstić information content (AvgIpc) is 3.16. The Balaban J connectivity index is 1.78. The predicted molar refractivity (Wildman–Crippen MR) is 115 cm³/mol. The summed E-state index contributed by atoms with van der Waals surface area (Å²) in [5, 5.41) is 2.16. The molecule has 134 valence electrons. The fraction of sp³-hybridized carbons (Fsp3) is 0.227. The van der Waals surface area contributed by atoms with E-state index in [1.54, 1.807) is 6.20 Å². The number of fused-ring (bicyclic) bond motifs is 4. The lowest BCUT2D eigenvalue weighted by Gasteiger charge is -2.40. The second-order valence-corrected chi connectivity index (χ2v) is 8.14. The fourth-order valence-electron chi connectivity index (χ4n) is 4.45. The molecule has 2 aromatic carbocycles. The first kappa shape index (κ1) is 16.2. The Labute approximate surface area is 159 Å². The van der Waals surface area contributed by atoms with Crippen LogP contribution in [0.3, 0.4) is 0 Å². The molecule has 0 N–H and O–H groups in total. The third-order valence-electron chi connectivity index (χ3n) is 5.38. The number of pyridine rings is 1. The SMILES string of the molecule is BC(C)(C)N1c2ccccc2N(c2cccc3c2oc2ncccc23)C1C. The highest BCUT2D eigenvalue weighted by molar-refractivity contribution is 6.17. The van der Waals surface area contributed by atoms with Crippen LogP contribution in [-0.4, -0.2) is 24.4 Å². The van der Waals surface area contributed by atoms with Crippen LogP contribution in [0.2, 0.25) is 0 Å². The lowest BCUT2D eigenvalue weighted by atomic mass is 9.79. The quantitative estimate of drug-likeness (QED) is 0.490. The first-order valence-corrected chi connectivity index (χ1v) is 9.40. The molecule has 5 heteroatoms. The van der Waals surface area contributed by atoms with Crippen molar-refractivity contribution in [2.45, 2.75) is 32.4 Å². The average molecular weight is 355 g/mol. The number of furan rings is 1. The van der Waals surface area contributed by atoms with Crippen LogP contribution in [0.25, 0.3) is 22.1 Å². The molecule has 1 unspecified atom stereocenters. The van der Waals surface area contributed by atoms with Crippen LogP contribution < -0.4 is 9.80 Å². The van der Waals surface area contributed by atoms with E-state index in [9.17, 15) is 0 Å². The van der Waals surface area contributed by atoms with Gasteiger partial charge in [-0.05, 0) is 51.1 Å². The van der Waals surface area contributed by atoms with Crippen molar-refractivity contribution in [2.75, 3.05) is 9.80 Å². The largest absolute Gasteiger partial charge is 0.436 e. The summed E-state index contributed by atoms with van der Waals surface area (Å²) in [7, 11) is 2.26. The molecule has 4 aromatic rings. The maximum atomic E-state index is 6.21. The number of hydrogen-bond donors (Lipinski definition) is 0. The monoisotopic (exact) mass is 355 g/mol. The highest BCUT2D eigenvalue weighted by Gasteiger charge is 2.40. The van der Waals surface area contributed by atoms with Gasteiger partial charge in [-0.2, -0.15) is 0 Å². The summed E-state index contributed by atoms with van der Waals surface area (Å²) in [6, 6.07) is 19.0. The van der Waals surface area contributed by atoms with Gasteiger partial charge in [0.25, 0.3) is 0 Å². The van der Waals surface area contributed by atoms with Gasteiger partial charge < -0.3 is 14.2 Å². The number of anilines is 3. The summed E-state index contributed by atoms with van der Waals surface area (Å²) in [5.74, 6) is 0. The fourth-order valence-corrected chi connectivity index (χ4v) is 4.45. The van der Waals surface area contributed by atoms with Gasteiger partial charge in [0, 0.05) is 22.4 Å². The van der Waals surface area contributed by atoms with Crippen molar-refractivity contribution in [2.24, 2.45) is 0 Å². The Morgan fingerprint density at radius 1 is 0.926 bits per heavy atom. The van der Waals surface area contributed by atoms with Gasteiger partial charge in [0.2, 0.25) is 5.71 Å². The van der Waals surface area contributed by atoms with Crippen molar-refractivity contribution in [1.29, 1.82) is 0 Å². The van der Waals surface area contributed by atoms with E-state index in [1.165, 1.54) is 11.4 Å². The van der Waals surface area contributed by atoms with Gasteiger partial charge in [-0.15, -0.1) is 0 Å². The summed E-state index contributed by atoms with van der Waals surface area (Å²) in [6.07, 6.45) is 1.95. The summed E-state index contributed by atoms with van der Waals surface area (Å²) in [5.41, 5.74) is 5.13. The summed E-state index contributed by atoms with van der Waals surface area (Å²) < 4.78 is 6.21. The van der Waals surface area contributed by atoms with Crippen LogP contribution >= 0.6 is 0 Å². The minimum atomic E-state index is 0.00754. The van der Waals surface area contributed by atoms with E-state index in [2.05, 4.69) is 91.9 Å². The molecule has 0 aliphatic carbocycles. The molecule has 0 saturated carbocycles. The zero-order chi connectivity index (χ0) is 18.8. The Kier molecular flexibility index (Phi) is 3.32. The lowest BCUT2D eigenvalue weighted by Crippen LogP contribution is -2.51. The number of hydrogen-bond acceptors (Lipinski definition) is 4. The Morgan fingerprint density at radius 2 is 1.63 bits per heavy atom. The number of para-hydroxylation sites is 3. The van der Waals surface area contributed by atoms with Crippen molar-refractivity contribution in [3.8, 4) is 0 Å². The molecule has 1 atom stereocenters. The van der Waals surface area contributed by atoms with E-state index in [-0.39, 0.29) is 11.6 Å². The normalized spacial score (nSPS) is 17.1. The van der Waals surface area contributed by atoms with Gasteiger partial charge in [-0.1, -0.05) is 24.3 Å². The van der Waals surface area contributed by atoms with Gasteiger partial charge in [0.15, 0.2) is 5.58 Å². The van der Waals surface area contributed by atoms with Crippen LogP contribution in [0, 0.1) is 0 Å². The molecular formula is C22H22BN3O. The van der Waals surface area contributed by atoms with E-state index in [0.29, 0.717) is 5.71 Å². The third kappa shape index (κ3) is 2.27. The first-order chi connectivity index (χ1) is 13.0. The molecule has 0 radical (unpaired) electrons. The van der Waals surface area contributed by atoms with Gasteiger partial charge in [-0.3, -0.25) is 0 Å². The zero-order valence-electron chi connectivity index (χ0n) is 16.1. The van der Waals surface area contributed by atoms with Gasteiger partial charge >= 0.3 is 0 Å². The summed E-state index contributed by atoms with van der Waals surface area (Å²) in [6.45, 7) is 6.77. The minimum Gasteiger partial charge on any atom is -0.436 e. The van der Waals surface area contributed by atoms with E-state index in [4.69, 9.17) is 4.42 Å². The smallest absolute Gasteiger partial charge is 0.227 e. The van der Waals surface area contributed by atoms with Crippen LogP contribution in [0.4, 0.5) is 17.1 Å². The Hall–Kier alpha value is -2.95. The molecule has 0 spiro atoms. The minimum absolute atomic E-state index is 0.00754. The Bertz CT molecular complexity index is 1160. The van der Waals surface area contributed by atoms with Crippen molar-refractivity contribution >= 4 is 47.0 Å². The molecule has 27 heavy (non-hydrogen) atoms. The zero-order valence-corrected chi connectivity index (χ0v) is 16.1. The second-order valence-electron chi connectivity index (χ2n) is 8.14. The molecule has 5 rings (SSSR count). The molecule has 4 nitrogen and oxygen atoms in total. The van der Waals surface area contributed by atoms with E-state index in [1.807, 2.05) is 6.07 Å². The van der Waals surface area contributed by atoms with Crippen molar-refractivity contribution < 1.29 is 4.42 Å². The van der Waals surface area contributed by atoms with Gasteiger partial charge in [0.05, 0.1) is 17.1 Å². The van der Waals surface area contributed by atoms with Gasteiger partial charge in [-0.25, -0.2) is 4.98 Å². The maximum Gasteiger partial charge on any atom is 0.227 e. The molecular weight excluding hydrogens is 333 g/mol. The number of nitrogens with zero attached hydrogens (tertiary/aromatic N) is 3. The topological polar surface area (TPSA) is 32.5 Å². The van der Waals surface area contributed by atoms with E-state index < -0.39 is 0 Å². The van der Waals surface area contributed by atoms with Gasteiger partial charge in [0.1, 0.15) is 14.0 Å². The molecule has 1 aliphatic rings. The lowest BCUT2D eigenvalue weighted by molar-refractivity contribution is 0.560. The molecule has 0 fully saturated rings. The molecule has 2 aromatic heterocycles. The second kappa shape index (κ2) is 5.52. The highest BCUT2D eigenvalue weighted by Crippen LogP contribution is 2.48. The molecule has 3 heterocycles. The van der Waals surface area contributed by atoms with E-state index >= 15 is 0 Å². The summed E-state index contributed by atoms with van der Waals surface area (Å²) >= 11 is 0. The number of benzene rings is 2. The van der Waals surface area contributed by atoms with Crippen LogP contribution in [0.5, 0.6) is 0 Å². The third-order valence-corrected chi connectivity index (χ3v) is 5.38. The van der Waals surface area contributed by atoms with Crippen molar-refractivity contribution in [1.82, 2.24) is 4.98 Å². The van der Waals surface area contributed by atoms with Crippen LogP contribution in [-0.2, 0) is 0 Å². The summed E-state index contributed by atoms with van der Waals surface area (Å²) in [4.78, 5) is 9.26. The predicted octanol–water partition coefficient (Wildman–Crippen LogP) is 4.65. The van der Waals surface area contributed by atoms with E-state index in [0.717, 1.165) is 22.0 Å². The number of aromatic nitrogens is 1. The highest BCUT2D eigenvalue weighted by atomic mass is 16.3. The first-order valence-electron chi connectivity index (χ1n) is 9.40.